The number of pyridine rings is 1. The number of methoxy groups -OCH3 is 1. The molecule has 1 aliphatic heterocycles. The number of hydrogen-bond acceptors (Lipinski definition) is 5. The van der Waals surface area contributed by atoms with Crippen LogP contribution in [0.25, 0.3) is 0 Å². The van der Waals surface area contributed by atoms with Gasteiger partial charge in [0.15, 0.2) is 0 Å². The number of nitrogens with zero attached hydrogens (tertiary/aromatic N) is 2. The Hall–Kier alpha value is -1.60. The molecule has 2 rings (SSSR count). The van der Waals surface area contributed by atoms with E-state index in [-0.39, 0.29) is 11.8 Å². The summed E-state index contributed by atoms with van der Waals surface area (Å²) < 4.78 is 4.61. The molecule has 2 heterocycles. The Kier molecular flexibility index (Phi) is 6.01. The molecule has 0 spiro atoms. The standard InChI is InChI=1S/C16H23N3O3S/c1-16(2)15(21)18-13(11-23-16)14(20)19(7-8-22-3)10-12-5-4-6-17-9-12/h4-6,9,13H,7-8,10-11H2,1-3H3,(H,18,21)/t13-/m0/s1. The molecule has 0 bridgehead atoms. The van der Waals surface area contributed by atoms with Crippen molar-refractivity contribution in [2.45, 2.75) is 31.2 Å². The summed E-state index contributed by atoms with van der Waals surface area (Å²) in [5.41, 5.74) is 0.951. The van der Waals surface area contributed by atoms with Gasteiger partial charge in [0, 0.05) is 38.3 Å². The topological polar surface area (TPSA) is 71.5 Å². The average Bonchev–Trinajstić information content (AvgIpc) is 2.54. The van der Waals surface area contributed by atoms with E-state index in [4.69, 9.17) is 4.74 Å². The molecule has 0 unspecified atom stereocenters. The minimum absolute atomic E-state index is 0.0812. The van der Waals surface area contributed by atoms with Gasteiger partial charge in [0.2, 0.25) is 11.8 Å². The van der Waals surface area contributed by atoms with E-state index in [0.717, 1.165) is 5.56 Å². The number of carbonyl (C=O) groups excluding carboxylic acids is 2. The van der Waals surface area contributed by atoms with Gasteiger partial charge in [-0.1, -0.05) is 6.07 Å². The summed E-state index contributed by atoms with van der Waals surface area (Å²) in [6.07, 6.45) is 3.44. The summed E-state index contributed by atoms with van der Waals surface area (Å²) in [5, 5.41) is 2.84. The zero-order valence-corrected chi connectivity index (χ0v) is 14.6. The normalized spacial score (nSPS) is 20.0. The molecule has 1 atom stereocenters. The fourth-order valence-corrected chi connectivity index (χ4v) is 3.26. The number of hydrogen-bond donors (Lipinski definition) is 1. The number of nitrogens with one attached hydrogen (secondary N) is 1. The van der Waals surface area contributed by atoms with E-state index in [1.165, 1.54) is 11.8 Å². The minimum Gasteiger partial charge on any atom is -0.383 e. The third-order valence-corrected chi connectivity index (χ3v) is 5.14. The van der Waals surface area contributed by atoms with Crippen LogP contribution in [0.15, 0.2) is 24.5 Å². The van der Waals surface area contributed by atoms with Crippen molar-refractivity contribution in [1.29, 1.82) is 0 Å². The first-order chi connectivity index (χ1) is 10.9. The summed E-state index contributed by atoms with van der Waals surface area (Å²) in [4.78, 5) is 30.7. The fourth-order valence-electron chi connectivity index (χ4n) is 2.27. The van der Waals surface area contributed by atoms with Crippen LogP contribution in [0.2, 0.25) is 0 Å². The van der Waals surface area contributed by atoms with Crippen molar-refractivity contribution in [3.63, 3.8) is 0 Å². The molecule has 23 heavy (non-hydrogen) atoms. The van der Waals surface area contributed by atoms with E-state index in [9.17, 15) is 9.59 Å². The zero-order chi connectivity index (χ0) is 16.9. The number of aromatic nitrogens is 1. The lowest BCUT2D eigenvalue weighted by atomic mass is 10.1. The van der Waals surface area contributed by atoms with E-state index < -0.39 is 10.8 Å². The maximum Gasteiger partial charge on any atom is 0.246 e. The largest absolute Gasteiger partial charge is 0.383 e. The quantitative estimate of drug-likeness (QED) is 0.841. The Labute approximate surface area is 141 Å². The Morgan fingerprint density at radius 2 is 2.35 bits per heavy atom. The maximum atomic E-state index is 12.8. The summed E-state index contributed by atoms with van der Waals surface area (Å²) in [5.74, 6) is 0.399. The average molecular weight is 337 g/mol. The second-order valence-electron chi connectivity index (χ2n) is 5.96. The molecule has 1 fully saturated rings. The lowest BCUT2D eigenvalue weighted by molar-refractivity contribution is -0.137. The van der Waals surface area contributed by atoms with Gasteiger partial charge in [0.05, 0.1) is 11.4 Å². The summed E-state index contributed by atoms with van der Waals surface area (Å²) >= 11 is 1.51. The van der Waals surface area contributed by atoms with Crippen molar-refractivity contribution in [3.8, 4) is 0 Å². The van der Waals surface area contributed by atoms with Gasteiger partial charge in [-0.15, -0.1) is 11.8 Å². The van der Waals surface area contributed by atoms with Crippen LogP contribution >= 0.6 is 11.8 Å². The first-order valence-corrected chi connectivity index (χ1v) is 8.54. The van der Waals surface area contributed by atoms with Crippen molar-refractivity contribution in [2.24, 2.45) is 0 Å². The second kappa shape index (κ2) is 7.79. The molecule has 0 aromatic carbocycles. The maximum absolute atomic E-state index is 12.8. The van der Waals surface area contributed by atoms with Crippen LogP contribution < -0.4 is 5.32 Å². The lowest BCUT2D eigenvalue weighted by Gasteiger charge is -2.35. The number of ether oxygens (including phenoxy) is 1. The van der Waals surface area contributed by atoms with Crippen molar-refractivity contribution in [3.05, 3.63) is 30.1 Å². The van der Waals surface area contributed by atoms with Crippen molar-refractivity contribution >= 4 is 23.6 Å². The predicted molar refractivity (Wildman–Crippen MR) is 90.0 cm³/mol. The highest BCUT2D eigenvalue weighted by atomic mass is 32.2. The molecule has 1 saturated heterocycles. The van der Waals surface area contributed by atoms with Gasteiger partial charge < -0.3 is 15.0 Å². The van der Waals surface area contributed by atoms with Gasteiger partial charge in [0.1, 0.15) is 6.04 Å². The zero-order valence-electron chi connectivity index (χ0n) is 13.7. The number of carbonyl (C=O) groups is 2. The predicted octanol–water partition coefficient (Wildman–Crippen LogP) is 1.07. The van der Waals surface area contributed by atoms with E-state index in [0.29, 0.717) is 25.4 Å². The molecule has 126 valence electrons. The smallest absolute Gasteiger partial charge is 0.246 e. The molecular formula is C16H23N3O3S. The van der Waals surface area contributed by atoms with Crippen LogP contribution in [0, 0.1) is 0 Å². The van der Waals surface area contributed by atoms with Crippen LogP contribution in [0.1, 0.15) is 19.4 Å². The molecule has 0 aliphatic carbocycles. The van der Waals surface area contributed by atoms with Crippen LogP contribution in [0.3, 0.4) is 0 Å². The summed E-state index contributed by atoms with van der Waals surface area (Å²) in [6, 6.07) is 3.28. The second-order valence-corrected chi connectivity index (χ2v) is 7.60. The van der Waals surface area contributed by atoms with E-state index >= 15 is 0 Å². The van der Waals surface area contributed by atoms with E-state index in [2.05, 4.69) is 10.3 Å². The van der Waals surface area contributed by atoms with Crippen LogP contribution in [-0.4, -0.2) is 58.5 Å². The van der Waals surface area contributed by atoms with Gasteiger partial charge >= 0.3 is 0 Å². The van der Waals surface area contributed by atoms with Crippen LogP contribution in [0.4, 0.5) is 0 Å². The Morgan fingerprint density at radius 3 is 2.96 bits per heavy atom. The van der Waals surface area contributed by atoms with Gasteiger partial charge in [-0.3, -0.25) is 14.6 Å². The lowest BCUT2D eigenvalue weighted by Crippen LogP contribution is -2.57. The van der Waals surface area contributed by atoms with E-state index in [1.807, 2.05) is 26.0 Å². The number of rotatable bonds is 6. The van der Waals surface area contributed by atoms with Crippen molar-refractivity contribution in [1.82, 2.24) is 15.2 Å². The molecule has 1 aromatic heterocycles. The molecule has 1 aliphatic rings. The van der Waals surface area contributed by atoms with E-state index in [1.54, 1.807) is 24.4 Å². The Bertz CT molecular complexity index is 551. The van der Waals surface area contributed by atoms with Crippen LogP contribution in [-0.2, 0) is 20.9 Å². The molecule has 0 radical (unpaired) electrons. The van der Waals surface area contributed by atoms with Crippen LogP contribution in [0.5, 0.6) is 0 Å². The highest BCUT2D eigenvalue weighted by molar-refractivity contribution is 8.01. The molecule has 6 nitrogen and oxygen atoms in total. The first-order valence-electron chi connectivity index (χ1n) is 7.55. The Balaban J connectivity index is 2.06. The molecule has 7 heteroatoms. The van der Waals surface area contributed by atoms with Crippen molar-refractivity contribution in [2.75, 3.05) is 26.0 Å². The van der Waals surface area contributed by atoms with Gasteiger partial charge in [-0.2, -0.15) is 0 Å². The van der Waals surface area contributed by atoms with Crippen molar-refractivity contribution < 1.29 is 14.3 Å². The fraction of sp³-hybridized carbons (Fsp3) is 0.562. The third kappa shape index (κ3) is 4.68. The SMILES string of the molecule is COCCN(Cc1cccnc1)C(=O)[C@@H]1CSC(C)(C)C(=O)N1. The number of thioether (sulfide) groups is 1. The van der Waals surface area contributed by atoms with Gasteiger partial charge in [0.25, 0.3) is 0 Å². The minimum atomic E-state index is -0.492. The van der Waals surface area contributed by atoms with Gasteiger partial charge in [-0.25, -0.2) is 0 Å². The number of amides is 2. The first kappa shape index (κ1) is 17.7. The highest BCUT2D eigenvalue weighted by Crippen LogP contribution is 2.29. The molecule has 2 amide bonds. The third-order valence-electron chi connectivity index (χ3n) is 3.73. The summed E-state index contributed by atoms with van der Waals surface area (Å²) in [6.45, 7) is 5.12. The molecule has 1 N–H and O–H groups in total. The molecular weight excluding hydrogens is 314 g/mol. The highest BCUT2D eigenvalue weighted by Gasteiger charge is 2.39. The monoisotopic (exact) mass is 337 g/mol. The van der Waals surface area contributed by atoms with Gasteiger partial charge in [-0.05, 0) is 25.5 Å². The summed E-state index contributed by atoms with van der Waals surface area (Å²) in [7, 11) is 1.60. The molecule has 0 saturated carbocycles. The molecule has 1 aromatic rings. The Morgan fingerprint density at radius 1 is 1.57 bits per heavy atom.